The zero-order valence-corrected chi connectivity index (χ0v) is 13.9. The largest absolute Gasteiger partial charge is 0.379 e. The minimum absolute atomic E-state index is 0.0205. The highest BCUT2D eigenvalue weighted by Crippen LogP contribution is 2.32. The molecule has 0 saturated carbocycles. The molecule has 2 saturated heterocycles. The van der Waals surface area contributed by atoms with Crippen LogP contribution in [-0.2, 0) is 9.53 Å². The number of hydrogen-bond acceptors (Lipinski definition) is 5. The van der Waals surface area contributed by atoms with Crippen LogP contribution in [0.4, 0.5) is 0 Å². The number of nitrogens with zero attached hydrogens (tertiary/aromatic N) is 2. The predicted molar refractivity (Wildman–Crippen MR) is 93.6 cm³/mol. The van der Waals surface area contributed by atoms with Crippen molar-refractivity contribution in [2.75, 3.05) is 39.4 Å². The normalized spacial score (nSPS) is 21.8. The Labute approximate surface area is 140 Å². The lowest BCUT2D eigenvalue weighted by Gasteiger charge is -2.28. The van der Waals surface area contributed by atoms with Crippen molar-refractivity contribution in [2.24, 2.45) is 0 Å². The lowest BCUT2D eigenvalue weighted by atomic mass is 10.2. The number of rotatable bonds is 4. The number of thioether (sulfide) groups is 1. The maximum absolute atomic E-state index is 12.5. The standard InChI is InChI=1S/C16H18N2O2S2/c19-15-14(12-13-4-2-1-3-5-13)22-16(21)18(15)7-6-17-8-10-20-11-9-17/h1-5,12H,6-11H2/b14-12+. The Morgan fingerprint density at radius 3 is 2.64 bits per heavy atom. The smallest absolute Gasteiger partial charge is 0.266 e. The highest BCUT2D eigenvalue weighted by Gasteiger charge is 2.32. The molecular formula is C16H18N2O2S2. The van der Waals surface area contributed by atoms with E-state index in [0.29, 0.717) is 15.8 Å². The number of benzene rings is 1. The highest BCUT2D eigenvalue weighted by molar-refractivity contribution is 8.26. The molecule has 0 unspecified atom stereocenters. The number of amides is 1. The van der Waals surface area contributed by atoms with Gasteiger partial charge in [-0.25, -0.2) is 0 Å². The Kier molecular flexibility index (Phi) is 5.25. The quantitative estimate of drug-likeness (QED) is 0.623. The molecule has 1 aromatic carbocycles. The van der Waals surface area contributed by atoms with Crippen molar-refractivity contribution in [1.29, 1.82) is 0 Å². The van der Waals surface area contributed by atoms with Gasteiger partial charge in [0.2, 0.25) is 0 Å². The van der Waals surface area contributed by atoms with E-state index in [9.17, 15) is 4.79 Å². The minimum Gasteiger partial charge on any atom is -0.379 e. The van der Waals surface area contributed by atoms with Crippen molar-refractivity contribution in [3.63, 3.8) is 0 Å². The monoisotopic (exact) mass is 334 g/mol. The van der Waals surface area contributed by atoms with E-state index in [1.807, 2.05) is 36.4 Å². The third-order valence-electron chi connectivity index (χ3n) is 3.71. The molecule has 2 heterocycles. The van der Waals surface area contributed by atoms with Crippen LogP contribution in [0.1, 0.15) is 5.56 Å². The highest BCUT2D eigenvalue weighted by atomic mass is 32.2. The topological polar surface area (TPSA) is 32.8 Å². The fourth-order valence-corrected chi connectivity index (χ4v) is 3.77. The van der Waals surface area contributed by atoms with Gasteiger partial charge >= 0.3 is 0 Å². The molecule has 2 fully saturated rings. The van der Waals surface area contributed by atoms with Crippen LogP contribution in [-0.4, -0.2) is 59.4 Å². The summed E-state index contributed by atoms with van der Waals surface area (Å²) in [5, 5.41) is 0. The van der Waals surface area contributed by atoms with Gasteiger partial charge in [-0.05, 0) is 11.6 Å². The molecule has 0 bridgehead atoms. The molecule has 6 heteroatoms. The SMILES string of the molecule is O=C1/C(=C\c2ccccc2)SC(=S)N1CCN1CCOCC1. The van der Waals surface area contributed by atoms with E-state index >= 15 is 0 Å². The molecule has 0 spiro atoms. The Morgan fingerprint density at radius 2 is 1.91 bits per heavy atom. The summed E-state index contributed by atoms with van der Waals surface area (Å²) in [6.45, 7) is 4.88. The van der Waals surface area contributed by atoms with E-state index in [2.05, 4.69) is 4.90 Å². The molecule has 22 heavy (non-hydrogen) atoms. The van der Waals surface area contributed by atoms with Crippen molar-refractivity contribution in [3.8, 4) is 0 Å². The fourth-order valence-electron chi connectivity index (χ4n) is 2.46. The van der Waals surface area contributed by atoms with E-state index in [0.717, 1.165) is 38.4 Å². The van der Waals surface area contributed by atoms with Gasteiger partial charge in [0, 0.05) is 26.2 Å². The van der Waals surface area contributed by atoms with Gasteiger partial charge in [-0.15, -0.1) is 0 Å². The van der Waals surface area contributed by atoms with Crippen LogP contribution >= 0.6 is 24.0 Å². The van der Waals surface area contributed by atoms with Gasteiger partial charge in [0.15, 0.2) is 0 Å². The molecular weight excluding hydrogens is 316 g/mol. The lowest BCUT2D eigenvalue weighted by molar-refractivity contribution is -0.122. The molecule has 1 aromatic rings. The van der Waals surface area contributed by atoms with E-state index in [4.69, 9.17) is 17.0 Å². The van der Waals surface area contributed by atoms with Crippen LogP contribution in [0.5, 0.6) is 0 Å². The molecule has 0 aromatic heterocycles. The van der Waals surface area contributed by atoms with Crippen LogP contribution < -0.4 is 0 Å². The molecule has 0 atom stereocenters. The summed E-state index contributed by atoms with van der Waals surface area (Å²) in [5.41, 5.74) is 1.02. The van der Waals surface area contributed by atoms with Crippen molar-refractivity contribution < 1.29 is 9.53 Å². The number of carbonyl (C=O) groups is 1. The van der Waals surface area contributed by atoms with Gasteiger partial charge in [0.1, 0.15) is 4.32 Å². The number of carbonyl (C=O) groups excluding carboxylic acids is 1. The van der Waals surface area contributed by atoms with Crippen molar-refractivity contribution in [1.82, 2.24) is 9.80 Å². The van der Waals surface area contributed by atoms with E-state index in [1.54, 1.807) is 4.90 Å². The summed E-state index contributed by atoms with van der Waals surface area (Å²) in [4.78, 5) is 17.2. The number of hydrogen-bond donors (Lipinski definition) is 0. The van der Waals surface area contributed by atoms with E-state index in [1.165, 1.54) is 11.8 Å². The van der Waals surface area contributed by atoms with Crippen molar-refractivity contribution >= 4 is 40.3 Å². The fraction of sp³-hybridized carbons (Fsp3) is 0.375. The van der Waals surface area contributed by atoms with Gasteiger partial charge in [-0.1, -0.05) is 54.3 Å². The molecule has 0 N–H and O–H groups in total. The summed E-state index contributed by atoms with van der Waals surface area (Å²) in [5.74, 6) is 0.0205. The first-order valence-electron chi connectivity index (χ1n) is 7.34. The second-order valence-electron chi connectivity index (χ2n) is 5.20. The first kappa shape index (κ1) is 15.7. The summed E-state index contributed by atoms with van der Waals surface area (Å²) in [6, 6.07) is 9.86. The Morgan fingerprint density at radius 1 is 1.18 bits per heavy atom. The van der Waals surface area contributed by atoms with Gasteiger partial charge < -0.3 is 4.74 Å². The van der Waals surface area contributed by atoms with E-state index < -0.39 is 0 Å². The van der Waals surface area contributed by atoms with Crippen LogP contribution in [0.25, 0.3) is 6.08 Å². The second kappa shape index (κ2) is 7.37. The Hall–Kier alpha value is -1.21. The first-order valence-corrected chi connectivity index (χ1v) is 8.57. The number of ether oxygens (including phenoxy) is 1. The Bertz CT molecular complexity index is 583. The number of morpholine rings is 1. The van der Waals surface area contributed by atoms with Gasteiger partial charge in [-0.3, -0.25) is 14.6 Å². The molecule has 0 aliphatic carbocycles. The maximum atomic E-state index is 12.5. The summed E-state index contributed by atoms with van der Waals surface area (Å²) in [7, 11) is 0. The van der Waals surface area contributed by atoms with Gasteiger partial charge in [-0.2, -0.15) is 0 Å². The molecule has 116 valence electrons. The van der Waals surface area contributed by atoms with Crippen molar-refractivity contribution in [2.45, 2.75) is 0 Å². The second-order valence-corrected chi connectivity index (χ2v) is 6.87. The van der Waals surface area contributed by atoms with Crippen molar-refractivity contribution in [3.05, 3.63) is 40.8 Å². The van der Waals surface area contributed by atoms with Gasteiger partial charge in [0.25, 0.3) is 5.91 Å². The summed E-state index contributed by atoms with van der Waals surface area (Å²) >= 11 is 6.75. The summed E-state index contributed by atoms with van der Waals surface area (Å²) in [6.07, 6.45) is 1.91. The third kappa shape index (κ3) is 3.76. The minimum atomic E-state index is 0.0205. The Balaban J connectivity index is 1.62. The third-order valence-corrected chi connectivity index (χ3v) is 5.09. The molecule has 0 radical (unpaired) electrons. The zero-order chi connectivity index (χ0) is 15.4. The van der Waals surface area contributed by atoms with E-state index in [-0.39, 0.29) is 5.91 Å². The number of thiocarbonyl (C=S) groups is 1. The van der Waals surface area contributed by atoms with Crippen LogP contribution in [0.15, 0.2) is 35.2 Å². The average molecular weight is 334 g/mol. The molecule has 2 aliphatic heterocycles. The summed E-state index contributed by atoms with van der Waals surface area (Å²) < 4.78 is 5.99. The molecule has 2 aliphatic rings. The molecule has 3 rings (SSSR count). The lowest BCUT2D eigenvalue weighted by Crippen LogP contribution is -2.42. The van der Waals surface area contributed by atoms with Crippen LogP contribution in [0, 0.1) is 0 Å². The van der Waals surface area contributed by atoms with Gasteiger partial charge in [0.05, 0.1) is 18.1 Å². The maximum Gasteiger partial charge on any atom is 0.266 e. The molecule has 4 nitrogen and oxygen atoms in total. The molecule has 1 amide bonds. The average Bonchev–Trinajstić information content (AvgIpc) is 2.81. The van der Waals surface area contributed by atoms with Crippen LogP contribution in [0.3, 0.4) is 0 Å². The predicted octanol–water partition coefficient (Wildman–Crippen LogP) is 2.22. The van der Waals surface area contributed by atoms with Crippen LogP contribution in [0.2, 0.25) is 0 Å². The zero-order valence-electron chi connectivity index (χ0n) is 12.2. The first-order chi connectivity index (χ1) is 10.7.